The molecule has 28 nitrogen and oxygen atoms in total. The molecule has 3 aliphatic rings. The molecule has 0 amide bonds. The lowest BCUT2D eigenvalue weighted by atomic mass is 9.91. The molecule has 5 N–H and O–H groups in total. The first-order valence-corrected chi connectivity index (χ1v) is 30.5. The molecule has 0 aliphatic carbocycles. The minimum Gasteiger partial charge on any atom is -0.463 e. The number of aliphatic hydroxyl groups excluding tert-OH is 3. The van der Waals surface area contributed by atoms with Crippen LogP contribution < -0.4 is 10.6 Å². The van der Waals surface area contributed by atoms with Crippen LogP contribution in [0.3, 0.4) is 0 Å². The Balaban J connectivity index is 1.79. The molecule has 3 rings (SSSR count). The third-order valence-electron chi connectivity index (χ3n) is 12.1. The number of carbonyl (C=O) groups is 8. The summed E-state index contributed by atoms with van der Waals surface area (Å²) in [5.41, 5.74) is -2.92. The van der Waals surface area contributed by atoms with Crippen LogP contribution in [-0.2, 0) is 109 Å². The predicted molar refractivity (Wildman–Crippen MR) is 303 cm³/mol. The Kier molecular flexibility index (Phi) is 34.3. The normalized spacial score (nSPS) is 27.6. The second-order valence-corrected chi connectivity index (χ2v) is 23.4. The maximum atomic E-state index is 12.4. The van der Waals surface area contributed by atoms with Crippen molar-refractivity contribution in [2.24, 2.45) is 5.41 Å². The van der Waals surface area contributed by atoms with Crippen molar-refractivity contribution in [1.29, 1.82) is 0 Å². The molecule has 3 aliphatic heterocycles. The van der Waals surface area contributed by atoms with Gasteiger partial charge < -0.3 is 97.0 Å². The average molecular weight is 1280 g/mol. The van der Waals surface area contributed by atoms with Gasteiger partial charge in [-0.05, 0) is 36.6 Å². The Hall–Kier alpha value is -4.16. The summed E-state index contributed by atoms with van der Waals surface area (Å²) in [6.07, 6.45) is -13.8. The van der Waals surface area contributed by atoms with E-state index in [1.54, 1.807) is 6.08 Å². The van der Waals surface area contributed by atoms with Crippen LogP contribution in [0.1, 0.15) is 68.2 Å². The number of hydrogen-bond donors (Lipinski definition) is 5. The number of thiocarbonyl (C=S) groups is 1. The Bertz CT molecular complexity index is 2030. The van der Waals surface area contributed by atoms with Crippen molar-refractivity contribution in [3.05, 3.63) is 12.7 Å². The van der Waals surface area contributed by atoms with Gasteiger partial charge in [0.25, 0.3) is 0 Å². The predicted octanol–water partition coefficient (Wildman–Crippen LogP) is 0.273. The molecule has 3 heterocycles. The Morgan fingerprint density at radius 3 is 1.39 bits per heavy atom. The van der Waals surface area contributed by atoms with E-state index in [1.807, 2.05) is 0 Å². The molecule has 32 heteroatoms. The molecular formula is C52H82N2O26S4. The van der Waals surface area contributed by atoms with Crippen molar-refractivity contribution in [3.63, 3.8) is 0 Å². The van der Waals surface area contributed by atoms with Crippen LogP contribution in [0.15, 0.2) is 12.7 Å². The van der Waals surface area contributed by atoms with Crippen molar-refractivity contribution in [1.82, 2.24) is 10.6 Å². The molecule has 0 saturated carbocycles. The fourth-order valence-corrected chi connectivity index (χ4v) is 12.0. The van der Waals surface area contributed by atoms with Crippen molar-refractivity contribution < 1.29 is 125 Å². The van der Waals surface area contributed by atoms with Gasteiger partial charge in [-0.3, -0.25) is 38.4 Å². The van der Waals surface area contributed by atoms with Crippen LogP contribution in [0.5, 0.6) is 0 Å². The molecule has 3 saturated heterocycles. The Morgan fingerprint density at radius 1 is 0.548 bits per heavy atom. The number of carbonyl (C=O) groups excluding carboxylic acids is 8. The third kappa shape index (κ3) is 26.4. The molecule has 0 aromatic carbocycles. The Morgan fingerprint density at radius 2 is 0.976 bits per heavy atom. The van der Waals surface area contributed by atoms with E-state index in [1.165, 1.54) is 56.2 Å². The van der Waals surface area contributed by atoms with Crippen molar-refractivity contribution in [2.45, 2.75) is 159 Å². The third-order valence-corrected chi connectivity index (χ3v) is 15.9. The van der Waals surface area contributed by atoms with Crippen LogP contribution in [0, 0.1) is 5.41 Å². The molecular weight excluding hydrogens is 1200 g/mol. The highest BCUT2D eigenvalue weighted by Gasteiger charge is 2.54. The first-order chi connectivity index (χ1) is 39.8. The number of ether oxygens (including phenoxy) is 15. The lowest BCUT2D eigenvalue weighted by Gasteiger charge is -2.44. The minimum atomic E-state index is -1.45. The number of methoxy groups -OCH3 is 1. The minimum absolute atomic E-state index is 0.0472. The van der Waals surface area contributed by atoms with E-state index in [2.05, 4.69) is 17.2 Å². The van der Waals surface area contributed by atoms with Gasteiger partial charge in [0.05, 0.1) is 37.9 Å². The van der Waals surface area contributed by atoms with Gasteiger partial charge in [0, 0.05) is 100 Å². The largest absolute Gasteiger partial charge is 0.463 e. The maximum absolute atomic E-state index is 12.4. The molecule has 0 radical (unpaired) electrons. The van der Waals surface area contributed by atoms with E-state index in [-0.39, 0.29) is 70.3 Å². The van der Waals surface area contributed by atoms with Gasteiger partial charge in [-0.15, -0.1) is 30.1 Å². The number of hydrogen-bond acceptors (Lipinski definition) is 30. The zero-order valence-corrected chi connectivity index (χ0v) is 51.9. The van der Waals surface area contributed by atoms with Gasteiger partial charge in [-0.25, -0.2) is 0 Å². The molecule has 0 unspecified atom stereocenters. The smallest absolute Gasteiger partial charge is 0.303 e. The lowest BCUT2D eigenvalue weighted by Crippen LogP contribution is -2.61. The molecule has 3 fully saturated rings. The van der Waals surface area contributed by atoms with E-state index < -0.39 is 144 Å². The Labute approximate surface area is 506 Å². The van der Waals surface area contributed by atoms with Crippen LogP contribution in [0.25, 0.3) is 0 Å². The maximum Gasteiger partial charge on any atom is 0.303 e. The molecule has 0 aromatic rings. The van der Waals surface area contributed by atoms with Crippen molar-refractivity contribution >= 4 is 100 Å². The molecule has 480 valence electrons. The topological polar surface area (TPSA) is 360 Å². The van der Waals surface area contributed by atoms with Crippen molar-refractivity contribution in [3.8, 4) is 0 Å². The van der Waals surface area contributed by atoms with Crippen molar-refractivity contribution in [2.75, 3.05) is 96.1 Å². The van der Waals surface area contributed by atoms with Crippen LogP contribution in [-0.4, -0.2) is 255 Å². The van der Waals surface area contributed by atoms with Gasteiger partial charge in [-0.1, -0.05) is 6.08 Å². The fraction of sp³-hybridized carbons (Fsp3) is 0.788. The van der Waals surface area contributed by atoms with E-state index in [4.69, 9.17) is 83.3 Å². The van der Waals surface area contributed by atoms with E-state index >= 15 is 0 Å². The number of aliphatic hydroxyl groups is 3. The summed E-state index contributed by atoms with van der Waals surface area (Å²) in [5, 5.41) is 37.5. The number of thioether (sulfide) groups is 3. The second kappa shape index (κ2) is 38.9. The van der Waals surface area contributed by atoms with E-state index in [0.717, 1.165) is 41.5 Å². The quantitative estimate of drug-likeness (QED) is 0.0185. The highest BCUT2D eigenvalue weighted by molar-refractivity contribution is 8.00. The zero-order valence-electron chi connectivity index (χ0n) is 48.6. The number of nitrogens with one attached hydrogen (secondary N) is 2. The highest BCUT2D eigenvalue weighted by Crippen LogP contribution is 2.37. The first-order valence-electron chi connectivity index (χ1n) is 26.8. The van der Waals surface area contributed by atoms with Gasteiger partial charge in [0.1, 0.15) is 54.6 Å². The summed E-state index contributed by atoms with van der Waals surface area (Å²) >= 11 is 9.48. The summed E-state index contributed by atoms with van der Waals surface area (Å²) < 4.78 is 85.6. The lowest BCUT2D eigenvalue weighted by molar-refractivity contribution is -0.284. The molecule has 15 atom stereocenters. The average Bonchev–Trinajstić information content (AvgIpc) is 3.05. The van der Waals surface area contributed by atoms with Crippen LogP contribution in [0.4, 0.5) is 0 Å². The van der Waals surface area contributed by atoms with Crippen LogP contribution in [0.2, 0.25) is 0 Å². The van der Waals surface area contributed by atoms with Gasteiger partial charge in [0.2, 0.25) is 0 Å². The second-order valence-electron chi connectivity index (χ2n) is 19.4. The summed E-state index contributed by atoms with van der Waals surface area (Å²) in [7, 11) is 1.32. The standard InChI is InChI=1S/C52H82N2O26S4/c1-11-15-67-25-52(24-54-51(81)53-14-20-82-23-38-39(63)40(64)41(65)48(66-10)78-38,26-68-16-12-18-83-49-46(76-34(8)61)44(74-32(6)59)42(72-30(4)57)36(79-49)21-70-28(2)55)27-69-17-13-19-84-50-47(77-35(9)62)45(75-33(7)60)43(73-31(5)58)37(80-50)22-71-29(3)56/h11,36-50,63-65H,1,12-27H2,2-10H3,(H2,53,54,81)/t36-,37-,38-,39-,40+,41-,42-,43-,44+,45+,46+,47+,48+,49-,50-/m1/s1. The van der Waals surface area contributed by atoms with Gasteiger partial charge in [-0.2, -0.15) is 11.8 Å². The fourth-order valence-electron chi connectivity index (χ4n) is 8.60. The number of rotatable bonds is 36. The first kappa shape index (κ1) is 74.1. The summed E-state index contributed by atoms with van der Waals surface area (Å²) in [6.45, 7) is 13.4. The monoisotopic (exact) mass is 1280 g/mol. The summed E-state index contributed by atoms with van der Waals surface area (Å²) in [4.78, 5) is 97.6. The summed E-state index contributed by atoms with van der Waals surface area (Å²) in [6, 6.07) is 0. The number of esters is 8. The van der Waals surface area contributed by atoms with E-state index in [0.29, 0.717) is 36.6 Å². The van der Waals surface area contributed by atoms with Crippen LogP contribution >= 0.6 is 47.5 Å². The highest BCUT2D eigenvalue weighted by atomic mass is 32.2. The summed E-state index contributed by atoms with van der Waals surface area (Å²) in [5.74, 6) is -4.37. The van der Waals surface area contributed by atoms with E-state index in [9.17, 15) is 53.7 Å². The SMILES string of the molecule is C=CCOCC(CNC(=S)NCCSC[C@H]1O[C@H](OC)[C@H](O)[C@@H](O)[C@@H]1O)(COCCCS[C@H]1O[C@H](COC(C)=O)[C@@H](OC(C)=O)[C@H](OC(C)=O)[C@@H]1OC(C)=O)COCCCS[C@H]1O[C@H](COC(C)=O)[C@@H](OC(C)=O)[C@H](OC(C)=O)[C@@H]1OC(C)=O. The van der Waals surface area contributed by atoms with Gasteiger partial charge in [0.15, 0.2) is 48.0 Å². The zero-order chi connectivity index (χ0) is 62.5. The molecule has 0 bridgehead atoms. The molecule has 0 spiro atoms. The molecule has 0 aromatic heterocycles. The van der Waals surface area contributed by atoms with Gasteiger partial charge >= 0.3 is 47.8 Å². The molecule has 84 heavy (non-hydrogen) atoms.